The molecule has 1 aliphatic heterocycles. The van der Waals surface area contributed by atoms with Gasteiger partial charge in [-0.25, -0.2) is 9.78 Å². The third kappa shape index (κ3) is 2.41. The molecule has 1 aromatic heterocycles. The lowest BCUT2D eigenvalue weighted by molar-refractivity contribution is -0.00461. The van der Waals surface area contributed by atoms with E-state index in [4.69, 9.17) is 14.6 Å². The van der Waals surface area contributed by atoms with Gasteiger partial charge in [-0.05, 0) is 0 Å². The molecule has 94 valence electrons. The molecule has 0 aliphatic carbocycles. The third-order valence-electron chi connectivity index (χ3n) is 2.80. The molecule has 1 aromatic rings. The van der Waals surface area contributed by atoms with Crippen molar-refractivity contribution in [3.05, 3.63) is 11.1 Å². The lowest BCUT2D eigenvalue weighted by Crippen LogP contribution is -2.27. The smallest absolute Gasteiger partial charge is 0.355 e. The monoisotopic (exact) mass is 258 g/mol. The number of aromatic carboxylic acids is 1. The van der Waals surface area contributed by atoms with E-state index >= 15 is 0 Å². The second-order valence-electron chi connectivity index (χ2n) is 3.77. The molecule has 0 spiro atoms. The van der Waals surface area contributed by atoms with Crippen LogP contribution in [-0.2, 0) is 9.47 Å². The van der Waals surface area contributed by atoms with Crippen molar-refractivity contribution >= 4 is 22.4 Å². The van der Waals surface area contributed by atoms with E-state index in [-0.39, 0.29) is 17.9 Å². The van der Waals surface area contributed by atoms with Crippen molar-refractivity contribution in [1.29, 1.82) is 0 Å². The van der Waals surface area contributed by atoms with Gasteiger partial charge in [0, 0.05) is 32.7 Å². The summed E-state index contributed by atoms with van der Waals surface area (Å²) >= 11 is 1.32. The fraction of sp³-hybridized carbons (Fsp3) is 0.600. The van der Waals surface area contributed by atoms with Gasteiger partial charge in [-0.15, -0.1) is 11.3 Å². The number of methoxy groups -OCH3 is 2. The number of thiazole rings is 1. The Hall–Kier alpha value is -1.18. The first-order valence-electron chi connectivity index (χ1n) is 5.15. The van der Waals surface area contributed by atoms with Gasteiger partial charge in [0.1, 0.15) is 12.2 Å². The Morgan fingerprint density at radius 3 is 2.47 bits per heavy atom. The van der Waals surface area contributed by atoms with Gasteiger partial charge in [-0.2, -0.15) is 0 Å². The third-order valence-corrected chi connectivity index (χ3v) is 3.70. The van der Waals surface area contributed by atoms with Gasteiger partial charge in [-0.1, -0.05) is 0 Å². The molecule has 1 saturated heterocycles. The van der Waals surface area contributed by atoms with Crippen LogP contribution < -0.4 is 4.90 Å². The number of carboxylic acid groups (broad SMARTS) is 1. The molecule has 0 amide bonds. The molecule has 2 heterocycles. The normalized spacial score (nSPS) is 24.2. The highest BCUT2D eigenvalue weighted by atomic mass is 32.1. The molecule has 7 heteroatoms. The molecule has 17 heavy (non-hydrogen) atoms. The van der Waals surface area contributed by atoms with Gasteiger partial charge in [0.15, 0.2) is 10.8 Å². The van der Waals surface area contributed by atoms with Gasteiger partial charge in [0.25, 0.3) is 0 Å². The summed E-state index contributed by atoms with van der Waals surface area (Å²) in [5.74, 6) is -1.00. The largest absolute Gasteiger partial charge is 0.476 e. The van der Waals surface area contributed by atoms with Crippen LogP contribution in [0, 0.1) is 0 Å². The van der Waals surface area contributed by atoms with Gasteiger partial charge in [-0.3, -0.25) is 0 Å². The summed E-state index contributed by atoms with van der Waals surface area (Å²) in [5, 5.41) is 11.1. The highest BCUT2D eigenvalue weighted by Crippen LogP contribution is 2.26. The summed E-state index contributed by atoms with van der Waals surface area (Å²) in [5.41, 5.74) is 0.0832. The van der Waals surface area contributed by atoms with Crippen LogP contribution >= 0.6 is 11.3 Å². The number of hydrogen-bond donors (Lipinski definition) is 1. The zero-order valence-corrected chi connectivity index (χ0v) is 10.4. The Morgan fingerprint density at radius 2 is 2.06 bits per heavy atom. The minimum Gasteiger partial charge on any atom is -0.476 e. The van der Waals surface area contributed by atoms with E-state index in [9.17, 15) is 4.79 Å². The van der Waals surface area contributed by atoms with Gasteiger partial charge in [0.2, 0.25) is 0 Å². The maximum absolute atomic E-state index is 10.7. The average Bonchev–Trinajstić information content (AvgIpc) is 2.94. The fourth-order valence-corrected chi connectivity index (χ4v) is 2.68. The van der Waals surface area contributed by atoms with Crippen LogP contribution in [-0.4, -0.2) is 55.6 Å². The van der Waals surface area contributed by atoms with Crippen LogP contribution in [0.4, 0.5) is 5.13 Å². The molecule has 0 radical (unpaired) electrons. The number of anilines is 1. The summed E-state index contributed by atoms with van der Waals surface area (Å²) in [6.45, 7) is 1.34. The average molecular weight is 258 g/mol. The topological polar surface area (TPSA) is 71.9 Å². The molecule has 1 fully saturated rings. The number of nitrogens with zero attached hydrogens (tertiary/aromatic N) is 2. The molecule has 0 bridgehead atoms. The van der Waals surface area contributed by atoms with E-state index in [1.165, 1.54) is 11.3 Å². The van der Waals surface area contributed by atoms with E-state index in [2.05, 4.69) is 4.98 Å². The predicted octanol–water partition coefficient (Wildman–Crippen LogP) is 0.691. The Bertz CT molecular complexity index is 397. The molecule has 1 N–H and O–H groups in total. The van der Waals surface area contributed by atoms with E-state index in [1.807, 2.05) is 4.90 Å². The second kappa shape index (κ2) is 4.99. The summed E-state index contributed by atoms with van der Waals surface area (Å²) in [7, 11) is 3.29. The van der Waals surface area contributed by atoms with Crippen molar-refractivity contribution in [2.75, 3.05) is 32.2 Å². The first kappa shape index (κ1) is 12.3. The number of carbonyl (C=O) groups is 1. The van der Waals surface area contributed by atoms with Gasteiger partial charge >= 0.3 is 5.97 Å². The summed E-state index contributed by atoms with van der Waals surface area (Å²) in [4.78, 5) is 16.8. The van der Waals surface area contributed by atoms with Crippen molar-refractivity contribution in [3.8, 4) is 0 Å². The first-order valence-corrected chi connectivity index (χ1v) is 6.03. The van der Waals surface area contributed by atoms with Crippen LogP contribution in [0.5, 0.6) is 0 Å². The van der Waals surface area contributed by atoms with Crippen LogP contribution in [0.1, 0.15) is 10.5 Å². The van der Waals surface area contributed by atoms with Crippen LogP contribution in [0.25, 0.3) is 0 Å². The van der Waals surface area contributed by atoms with E-state index < -0.39 is 5.97 Å². The lowest BCUT2D eigenvalue weighted by Gasteiger charge is -2.13. The zero-order valence-electron chi connectivity index (χ0n) is 9.62. The lowest BCUT2D eigenvalue weighted by atomic mass is 10.3. The molecule has 2 atom stereocenters. The molecule has 1 aliphatic rings. The molecule has 0 saturated carbocycles. The number of rotatable bonds is 4. The van der Waals surface area contributed by atoms with Gasteiger partial charge in [0.05, 0.1) is 0 Å². The Morgan fingerprint density at radius 1 is 1.47 bits per heavy atom. The molecular formula is C10H14N2O4S. The number of carboxylic acids is 1. The summed E-state index contributed by atoms with van der Waals surface area (Å²) < 4.78 is 10.6. The number of hydrogen-bond acceptors (Lipinski definition) is 6. The standard InChI is InChI=1S/C10H14N2O4S/c1-15-7-3-12(4-8(7)16-2)10-11-6(5-17-10)9(13)14/h5,7-8H,3-4H2,1-2H3,(H,13,14). The molecule has 0 aromatic carbocycles. The van der Waals surface area contributed by atoms with Crippen molar-refractivity contribution in [1.82, 2.24) is 4.98 Å². The highest BCUT2D eigenvalue weighted by Gasteiger charge is 2.34. The van der Waals surface area contributed by atoms with Crippen molar-refractivity contribution in [2.45, 2.75) is 12.2 Å². The predicted molar refractivity (Wildman–Crippen MR) is 62.9 cm³/mol. The first-order chi connectivity index (χ1) is 8.15. The Kier molecular flexibility index (Phi) is 3.60. The van der Waals surface area contributed by atoms with E-state index in [0.29, 0.717) is 18.2 Å². The quantitative estimate of drug-likeness (QED) is 0.856. The van der Waals surface area contributed by atoms with Crippen molar-refractivity contribution in [3.63, 3.8) is 0 Å². The number of ether oxygens (including phenoxy) is 2. The highest BCUT2D eigenvalue weighted by molar-refractivity contribution is 7.13. The maximum Gasteiger partial charge on any atom is 0.355 e. The fourth-order valence-electron chi connectivity index (χ4n) is 1.86. The molecule has 6 nitrogen and oxygen atoms in total. The van der Waals surface area contributed by atoms with Crippen LogP contribution in [0.15, 0.2) is 5.38 Å². The van der Waals surface area contributed by atoms with E-state index in [1.54, 1.807) is 19.6 Å². The minimum atomic E-state index is -1.00. The van der Waals surface area contributed by atoms with Crippen molar-refractivity contribution in [2.24, 2.45) is 0 Å². The molecular weight excluding hydrogens is 244 g/mol. The Balaban J connectivity index is 2.10. The second-order valence-corrected chi connectivity index (χ2v) is 4.61. The zero-order chi connectivity index (χ0) is 12.4. The minimum absolute atomic E-state index is 0.00261. The van der Waals surface area contributed by atoms with Crippen LogP contribution in [0.2, 0.25) is 0 Å². The van der Waals surface area contributed by atoms with Gasteiger partial charge < -0.3 is 19.5 Å². The SMILES string of the molecule is COC1CN(c2nc(C(=O)O)cs2)CC1OC. The maximum atomic E-state index is 10.7. The van der Waals surface area contributed by atoms with Crippen LogP contribution in [0.3, 0.4) is 0 Å². The van der Waals surface area contributed by atoms with E-state index in [0.717, 1.165) is 0 Å². The summed E-state index contributed by atoms with van der Waals surface area (Å²) in [6, 6.07) is 0. The van der Waals surface area contributed by atoms with Crippen molar-refractivity contribution < 1.29 is 19.4 Å². The molecule has 2 rings (SSSR count). The summed E-state index contributed by atoms with van der Waals surface area (Å²) in [6.07, 6.45) is -0.00523. The Labute approximate surface area is 103 Å². The molecule has 2 unspecified atom stereocenters. The number of aromatic nitrogens is 1.